The first-order valence-electron chi connectivity index (χ1n) is 10.6. The molecular weight excluding hydrogens is 442 g/mol. The lowest BCUT2D eigenvalue weighted by atomic mass is 9.98. The third kappa shape index (κ3) is 3.22. The molecule has 0 fully saturated rings. The number of imidazole rings is 1. The number of benzene rings is 2. The number of carbonyl (C=O) groups excluding carboxylic acids is 1. The van der Waals surface area contributed by atoms with Crippen molar-refractivity contribution >= 4 is 16.8 Å². The average Bonchev–Trinajstić information content (AvgIpc) is 3.53. The van der Waals surface area contributed by atoms with Crippen LogP contribution in [0, 0.1) is 11.6 Å². The molecule has 3 aromatic heterocycles. The van der Waals surface area contributed by atoms with E-state index < -0.39 is 35.0 Å². The van der Waals surface area contributed by atoms with Crippen molar-refractivity contribution in [1.29, 1.82) is 0 Å². The Kier molecular flexibility index (Phi) is 4.65. The van der Waals surface area contributed by atoms with Gasteiger partial charge in [-0.3, -0.25) is 9.78 Å². The van der Waals surface area contributed by atoms with Gasteiger partial charge >= 0.3 is 11.8 Å². The minimum absolute atomic E-state index is 0.332. The van der Waals surface area contributed by atoms with Crippen LogP contribution in [0.4, 0.5) is 8.78 Å². The van der Waals surface area contributed by atoms with E-state index in [9.17, 15) is 13.6 Å². The number of aromatic amines is 1. The van der Waals surface area contributed by atoms with Gasteiger partial charge in [-0.2, -0.15) is 0 Å². The number of amides is 1. The fraction of sp³-hybridized carbons (Fsp3) is 0.125. The van der Waals surface area contributed by atoms with E-state index in [1.165, 1.54) is 11.0 Å². The van der Waals surface area contributed by atoms with Gasteiger partial charge in [0.2, 0.25) is 0 Å². The number of carbonyl (C=O) groups is 1. The number of nitrogens with one attached hydrogen (secondary N) is 1. The van der Waals surface area contributed by atoms with E-state index in [0.29, 0.717) is 24.4 Å². The van der Waals surface area contributed by atoms with Gasteiger partial charge < -0.3 is 14.3 Å². The quantitative estimate of drug-likeness (QED) is 0.437. The van der Waals surface area contributed by atoms with E-state index >= 15 is 0 Å². The van der Waals surface area contributed by atoms with Crippen LogP contribution in [-0.2, 0) is 6.42 Å². The number of aromatic nitrogens is 5. The number of rotatable bonds is 3. The Labute approximate surface area is 191 Å². The standard InChI is InChI=1S/C24H16F2N6O2/c25-14-5-3-6-15(26)19(14)22-30-31-23(34-22)24(33)32-11-10-17-20(28-12-27-17)21(32)18-9-8-13-4-1-2-7-16(13)29-18/h1-9,12,21H,10-11H2,(H,27,28)/t21-/m1/s1. The van der Waals surface area contributed by atoms with Crippen molar-refractivity contribution in [3.8, 4) is 11.5 Å². The van der Waals surface area contributed by atoms with E-state index in [0.717, 1.165) is 28.7 Å². The molecule has 0 unspecified atom stereocenters. The number of H-pyrrole nitrogens is 1. The van der Waals surface area contributed by atoms with E-state index in [1.807, 2.05) is 36.4 Å². The number of fused-ring (bicyclic) bond motifs is 2. The topological polar surface area (TPSA) is 101 Å². The van der Waals surface area contributed by atoms with Crippen molar-refractivity contribution in [2.24, 2.45) is 0 Å². The fourth-order valence-corrected chi connectivity index (χ4v) is 4.26. The maximum atomic E-state index is 14.2. The van der Waals surface area contributed by atoms with Gasteiger partial charge in [0.15, 0.2) is 0 Å². The smallest absolute Gasteiger partial charge is 0.312 e. The second kappa shape index (κ2) is 7.84. The Morgan fingerprint density at radius 1 is 1.03 bits per heavy atom. The van der Waals surface area contributed by atoms with Gasteiger partial charge in [-0.15, -0.1) is 10.2 Å². The van der Waals surface area contributed by atoms with Crippen molar-refractivity contribution in [2.75, 3.05) is 6.54 Å². The van der Waals surface area contributed by atoms with Gasteiger partial charge in [-0.1, -0.05) is 30.3 Å². The number of hydrogen-bond donors (Lipinski definition) is 1. The lowest BCUT2D eigenvalue weighted by Crippen LogP contribution is -2.41. The third-order valence-electron chi connectivity index (χ3n) is 5.87. The molecule has 6 rings (SSSR count). The number of hydrogen-bond acceptors (Lipinski definition) is 6. The zero-order valence-corrected chi connectivity index (χ0v) is 17.6. The fourth-order valence-electron chi connectivity index (χ4n) is 4.26. The van der Waals surface area contributed by atoms with Gasteiger partial charge in [0, 0.05) is 24.0 Å². The molecular formula is C24H16F2N6O2. The van der Waals surface area contributed by atoms with Crippen molar-refractivity contribution in [2.45, 2.75) is 12.5 Å². The summed E-state index contributed by atoms with van der Waals surface area (Å²) in [6.45, 7) is 0.332. The van der Waals surface area contributed by atoms with Crippen LogP contribution in [0.5, 0.6) is 0 Å². The predicted octanol–water partition coefficient (Wildman–Crippen LogP) is 4.07. The van der Waals surface area contributed by atoms with Crippen molar-refractivity contribution in [1.82, 2.24) is 30.0 Å². The molecule has 0 saturated heterocycles. The maximum absolute atomic E-state index is 14.2. The van der Waals surface area contributed by atoms with Gasteiger partial charge in [-0.25, -0.2) is 13.8 Å². The molecule has 0 saturated carbocycles. The molecule has 10 heteroatoms. The van der Waals surface area contributed by atoms with Gasteiger partial charge in [0.1, 0.15) is 23.2 Å². The normalized spacial score (nSPS) is 15.5. The minimum Gasteiger partial charge on any atom is -0.412 e. The van der Waals surface area contributed by atoms with Gasteiger partial charge in [0.25, 0.3) is 5.89 Å². The monoisotopic (exact) mass is 458 g/mol. The van der Waals surface area contributed by atoms with E-state index in [2.05, 4.69) is 20.2 Å². The Morgan fingerprint density at radius 2 is 1.85 bits per heavy atom. The molecule has 168 valence electrons. The van der Waals surface area contributed by atoms with Crippen LogP contribution in [0.2, 0.25) is 0 Å². The average molecular weight is 458 g/mol. The van der Waals surface area contributed by atoms with Crippen molar-refractivity contribution < 1.29 is 18.0 Å². The highest BCUT2D eigenvalue weighted by Gasteiger charge is 2.37. The molecule has 1 N–H and O–H groups in total. The number of halogens is 2. The molecule has 8 nitrogen and oxygen atoms in total. The van der Waals surface area contributed by atoms with Crippen molar-refractivity contribution in [3.05, 3.63) is 95.5 Å². The largest absolute Gasteiger partial charge is 0.412 e. The summed E-state index contributed by atoms with van der Waals surface area (Å²) in [4.78, 5) is 27.3. The molecule has 1 aliphatic rings. The molecule has 1 atom stereocenters. The number of para-hydroxylation sites is 1. The third-order valence-corrected chi connectivity index (χ3v) is 5.87. The van der Waals surface area contributed by atoms with Crippen molar-refractivity contribution in [3.63, 3.8) is 0 Å². The highest BCUT2D eigenvalue weighted by Crippen LogP contribution is 2.34. The molecule has 2 aromatic carbocycles. The highest BCUT2D eigenvalue weighted by molar-refractivity contribution is 5.90. The van der Waals surface area contributed by atoms with Crippen LogP contribution in [0.3, 0.4) is 0 Å². The molecule has 1 amide bonds. The zero-order valence-electron chi connectivity index (χ0n) is 17.6. The Hall–Kier alpha value is -4.47. The summed E-state index contributed by atoms with van der Waals surface area (Å²) in [5.41, 5.74) is 2.51. The van der Waals surface area contributed by atoms with E-state index in [-0.39, 0.29) is 5.89 Å². The molecule has 0 aliphatic carbocycles. The lowest BCUT2D eigenvalue weighted by Gasteiger charge is -2.33. The number of nitrogens with zero attached hydrogens (tertiary/aromatic N) is 5. The molecule has 0 spiro atoms. The summed E-state index contributed by atoms with van der Waals surface area (Å²) < 4.78 is 33.7. The molecule has 34 heavy (non-hydrogen) atoms. The van der Waals surface area contributed by atoms with Gasteiger partial charge in [-0.05, 0) is 24.3 Å². The summed E-state index contributed by atoms with van der Waals surface area (Å²) in [5, 5.41) is 8.47. The maximum Gasteiger partial charge on any atom is 0.312 e. The minimum atomic E-state index is -0.861. The first kappa shape index (κ1) is 20.2. The molecule has 0 radical (unpaired) electrons. The van der Waals surface area contributed by atoms with Crippen LogP contribution >= 0.6 is 0 Å². The molecule has 0 bridgehead atoms. The highest BCUT2D eigenvalue weighted by atomic mass is 19.1. The summed E-state index contributed by atoms with van der Waals surface area (Å²) in [6.07, 6.45) is 2.12. The number of pyridine rings is 1. The van der Waals surface area contributed by atoms with E-state index in [4.69, 9.17) is 9.40 Å². The summed E-state index contributed by atoms with van der Waals surface area (Å²) in [5.74, 6) is -3.08. The summed E-state index contributed by atoms with van der Waals surface area (Å²) in [6, 6.07) is 14.2. The summed E-state index contributed by atoms with van der Waals surface area (Å²) >= 11 is 0. The Bertz CT molecular complexity index is 1530. The van der Waals surface area contributed by atoms with Crippen LogP contribution in [0.1, 0.15) is 33.8 Å². The predicted molar refractivity (Wildman–Crippen MR) is 117 cm³/mol. The first-order chi connectivity index (χ1) is 16.6. The lowest BCUT2D eigenvalue weighted by molar-refractivity contribution is 0.0647. The van der Waals surface area contributed by atoms with Crippen LogP contribution in [0.15, 0.2) is 65.3 Å². The summed E-state index contributed by atoms with van der Waals surface area (Å²) in [7, 11) is 0. The SMILES string of the molecule is O=C(c1nnc(-c2c(F)cccc2F)o1)N1CCc2[nH]cnc2[C@H]1c1ccc2ccccc2n1. The second-order valence-corrected chi connectivity index (χ2v) is 7.86. The molecule has 5 aromatic rings. The van der Waals surface area contributed by atoms with Crippen LogP contribution in [0.25, 0.3) is 22.4 Å². The van der Waals surface area contributed by atoms with Gasteiger partial charge in [0.05, 0.1) is 23.2 Å². The Morgan fingerprint density at radius 3 is 2.71 bits per heavy atom. The first-order valence-corrected chi connectivity index (χ1v) is 10.6. The second-order valence-electron chi connectivity index (χ2n) is 7.86. The zero-order chi connectivity index (χ0) is 23.2. The Balaban J connectivity index is 1.41. The van der Waals surface area contributed by atoms with E-state index in [1.54, 1.807) is 6.33 Å². The van der Waals surface area contributed by atoms with Crippen LogP contribution < -0.4 is 0 Å². The molecule has 4 heterocycles. The van der Waals surface area contributed by atoms with Crippen LogP contribution in [-0.4, -0.2) is 42.5 Å². The molecule has 1 aliphatic heterocycles.